The molecule has 3 N–H and O–H groups in total. The van der Waals surface area contributed by atoms with Crippen LogP contribution < -0.4 is 0 Å². The van der Waals surface area contributed by atoms with Crippen LogP contribution in [-0.2, 0) is 0 Å². The van der Waals surface area contributed by atoms with Crippen molar-refractivity contribution in [2.45, 2.75) is 338 Å². The van der Waals surface area contributed by atoms with Gasteiger partial charge in [-0.05, 0) is 103 Å². The van der Waals surface area contributed by atoms with Crippen molar-refractivity contribution < 1.29 is 5.11 Å². The van der Waals surface area contributed by atoms with E-state index in [2.05, 4.69) is 58.4 Å². The molecule has 0 saturated carbocycles. The minimum Gasteiger partial charge on any atom is -0.508 e. The lowest BCUT2D eigenvalue weighted by molar-refractivity contribution is 0.475. The molecule has 0 fully saturated rings. The summed E-state index contributed by atoms with van der Waals surface area (Å²) in [6.07, 6.45) is 52.5. The standard InChI is InChI=1S/C78H126N8OS7/c1-8-15-22-29-36-43-54-88-64-63(61-50-52-62(87)53-51-61)71-79-72(64)81-74-67(91-57-46-39-32-25-18-11-4)68(92-58-47-40-33-26-19-12-5)76(83-74)85-78-70(94-60-49-42-35-28-21-14-7)69(93-59-48-41-34-27-20-13-6)77(86-78)84-75-66(90-56-45-38-31-24-17-10-3)65(73(80-71)82-75)89-55-44-37-30-23-16-9-2/h50-53,87H,8-49,54-60H2,1-7H3,(H2,79,80,81,82,83,84,85,86). The highest BCUT2D eigenvalue weighted by atomic mass is 32.2. The first kappa shape index (κ1) is 80.8. The largest absolute Gasteiger partial charge is 0.508 e. The third kappa shape index (κ3) is 29.5. The fourth-order valence-electron chi connectivity index (χ4n) is 12.0. The Hall–Kier alpha value is -2.21. The van der Waals surface area contributed by atoms with Gasteiger partial charge >= 0.3 is 0 Å². The average molecular weight is 1420 g/mol. The van der Waals surface area contributed by atoms with E-state index in [1.165, 1.54) is 249 Å². The first-order valence-corrected chi connectivity index (χ1v) is 45.3. The third-order valence-corrected chi connectivity index (χ3v) is 26.3. The normalized spacial score (nSPS) is 12.6. The van der Waals surface area contributed by atoms with Crippen molar-refractivity contribution >= 4 is 125 Å². The van der Waals surface area contributed by atoms with Gasteiger partial charge in [0.25, 0.3) is 0 Å². The molecule has 94 heavy (non-hydrogen) atoms. The molecule has 2 aliphatic heterocycles. The zero-order chi connectivity index (χ0) is 66.5. The van der Waals surface area contributed by atoms with Gasteiger partial charge in [0, 0.05) is 5.57 Å². The van der Waals surface area contributed by atoms with Gasteiger partial charge < -0.3 is 15.1 Å². The number of phenols is 1. The number of phenolic OH excluding ortho intramolecular Hbond substituents is 1. The van der Waals surface area contributed by atoms with Gasteiger partial charge in [0.15, 0.2) is 23.3 Å². The number of thioether (sulfide) groups is 7. The van der Waals surface area contributed by atoms with E-state index in [4.69, 9.17) is 29.9 Å². The van der Waals surface area contributed by atoms with Crippen LogP contribution in [0.25, 0.3) is 42.9 Å². The van der Waals surface area contributed by atoms with Crippen molar-refractivity contribution in [2.75, 3.05) is 40.3 Å². The van der Waals surface area contributed by atoms with Crippen molar-refractivity contribution in [1.29, 1.82) is 0 Å². The molecule has 0 atom stereocenters. The summed E-state index contributed by atoms with van der Waals surface area (Å²) in [5.41, 5.74) is 5.29. The summed E-state index contributed by atoms with van der Waals surface area (Å²) < 4.78 is 0. The monoisotopic (exact) mass is 1410 g/mol. The molecule has 2 aliphatic rings. The zero-order valence-corrected chi connectivity index (χ0v) is 65.7. The first-order valence-electron chi connectivity index (χ1n) is 38.4. The predicted octanol–water partition coefficient (Wildman–Crippen LogP) is 27.4. The number of nitrogens with zero attached hydrogens (tertiary/aromatic N) is 6. The fraction of sp³-hybridized carbons (Fsp3) is 0.718. The molecule has 0 spiro atoms. The summed E-state index contributed by atoms with van der Waals surface area (Å²) in [4.78, 5) is 50.9. The molecule has 8 bridgehead atoms. The Morgan fingerprint density at radius 3 is 0.766 bits per heavy atom. The minimum atomic E-state index is 0.243. The van der Waals surface area contributed by atoms with Crippen LogP contribution in [0.15, 0.2) is 43.8 Å². The number of hydrogen-bond acceptors (Lipinski definition) is 14. The lowest BCUT2D eigenvalue weighted by Gasteiger charge is -2.09. The number of rotatable bonds is 57. The highest BCUT2D eigenvalue weighted by molar-refractivity contribution is 8.13. The van der Waals surface area contributed by atoms with Gasteiger partial charge in [0.05, 0.1) is 34.3 Å². The van der Waals surface area contributed by atoms with Crippen LogP contribution in [0.2, 0.25) is 0 Å². The van der Waals surface area contributed by atoms with Gasteiger partial charge in [-0.3, -0.25) is 0 Å². The number of aromatic nitrogens is 8. The molecule has 0 radical (unpaired) electrons. The number of benzene rings is 1. The summed E-state index contributed by atoms with van der Waals surface area (Å²) in [6, 6.07) is 7.73. The van der Waals surface area contributed by atoms with Gasteiger partial charge in [-0.2, -0.15) is 0 Å². The molecular formula is C78H126N8OS7. The second kappa shape index (κ2) is 51.0. The van der Waals surface area contributed by atoms with Crippen LogP contribution >= 0.6 is 82.3 Å². The second-order valence-corrected chi connectivity index (χ2v) is 33.9. The summed E-state index contributed by atoms with van der Waals surface area (Å²) in [6.45, 7) is 16.2. The van der Waals surface area contributed by atoms with E-state index in [1.807, 2.05) is 107 Å². The summed E-state index contributed by atoms with van der Waals surface area (Å²) in [7, 11) is 0. The molecule has 5 heterocycles. The number of hydrogen-bond donors (Lipinski definition) is 3. The van der Waals surface area contributed by atoms with Gasteiger partial charge in [0.2, 0.25) is 0 Å². The Balaban J connectivity index is 1.70. The molecule has 6 rings (SSSR count). The maximum Gasteiger partial charge on any atom is 0.171 e. The quantitative estimate of drug-likeness (QED) is 0.0286. The number of nitrogens with one attached hydrogen (secondary N) is 2. The van der Waals surface area contributed by atoms with Gasteiger partial charge in [-0.15, -0.1) is 82.3 Å². The van der Waals surface area contributed by atoms with Crippen LogP contribution in [0.3, 0.4) is 0 Å². The van der Waals surface area contributed by atoms with Crippen LogP contribution in [0.4, 0.5) is 0 Å². The van der Waals surface area contributed by atoms with Crippen LogP contribution in [0.1, 0.15) is 347 Å². The van der Waals surface area contributed by atoms with Crippen molar-refractivity contribution in [1.82, 2.24) is 39.9 Å². The molecule has 0 unspecified atom stereocenters. The highest BCUT2D eigenvalue weighted by Crippen LogP contribution is 2.48. The Morgan fingerprint density at radius 1 is 0.255 bits per heavy atom. The summed E-state index contributed by atoms with van der Waals surface area (Å²) in [5.74, 6) is 10.2. The van der Waals surface area contributed by atoms with Crippen molar-refractivity contribution in [3.63, 3.8) is 0 Å². The number of aromatic hydroxyl groups is 1. The zero-order valence-electron chi connectivity index (χ0n) is 59.9. The van der Waals surface area contributed by atoms with Crippen LogP contribution in [0, 0.1) is 0 Å². The molecule has 4 aromatic rings. The number of aromatic amines is 2. The first-order chi connectivity index (χ1) is 46.4. The van der Waals surface area contributed by atoms with Crippen molar-refractivity contribution in [3.8, 4) is 5.75 Å². The molecule has 0 amide bonds. The van der Waals surface area contributed by atoms with E-state index < -0.39 is 0 Å². The summed E-state index contributed by atoms with van der Waals surface area (Å²) >= 11 is 13.7. The number of H-pyrrole nitrogens is 2. The highest BCUT2D eigenvalue weighted by Gasteiger charge is 2.29. The van der Waals surface area contributed by atoms with Crippen LogP contribution in [-0.4, -0.2) is 85.2 Å². The van der Waals surface area contributed by atoms with Gasteiger partial charge in [-0.25, -0.2) is 29.9 Å². The second-order valence-electron chi connectivity index (χ2n) is 26.1. The molecule has 0 saturated heterocycles. The number of fused-ring (bicyclic) bond motifs is 8. The Bertz CT molecular complexity index is 2920. The van der Waals surface area contributed by atoms with Crippen molar-refractivity contribution in [2.24, 2.45) is 0 Å². The maximum absolute atomic E-state index is 10.9. The van der Waals surface area contributed by atoms with E-state index in [1.54, 1.807) is 0 Å². The van der Waals surface area contributed by atoms with Crippen molar-refractivity contribution in [3.05, 3.63) is 53.1 Å². The van der Waals surface area contributed by atoms with Gasteiger partial charge in [-0.1, -0.05) is 285 Å². The molecule has 1 aromatic carbocycles. The summed E-state index contributed by atoms with van der Waals surface area (Å²) in [5, 5.41) is 10.9. The SMILES string of the molecule is CCCCCCCCSC1=C(SCCCCCCCC)c2nc1nc1[nH]c(nc3nc(nc4[nH]c(n2)c(SCCCCCCCC)c4SCCCCCCCC)C(c2ccc(O)cc2)=C3SCCCCCCCC)c(SCCCCCCCC)c1SCCCCCCCC. The fourth-order valence-corrected chi connectivity index (χ4v) is 20.2. The van der Waals surface area contributed by atoms with E-state index in [-0.39, 0.29) is 5.75 Å². The Morgan fingerprint density at radius 2 is 0.479 bits per heavy atom. The molecule has 16 heteroatoms. The van der Waals surface area contributed by atoms with Crippen LogP contribution in [0.5, 0.6) is 5.75 Å². The van der Waals surface area contributed by atoms with E-state index in [0.717, 1.165) is 140 Å². The van der Waals surface area contributed by atoms with Gasteiger partial charge in [0.1, 0.15) is 28.3 Å². The molecule has 526 valence electrons. The third-order valence-electron chi connectivity index (χ3n) is 17.7. The number of unbranched alkanes of at least 4 members (excludes halogenated alkanes) is 35. The smallest absolute Gasteiger partial charge is 0.171 e. The molecular weight excluding hydrogens is 1290 g/mol. The topological polar surface area (TPSA) is 129 Å². The molecule has 3 aromatic heterocycles. The minimum absolute atomic E-state index is 0.243. The average Bonchev–Trinajstić information content (AvgIpc) is 1.62. The Labute approximate surface area is 602 Å². The molecule has 9 nitrogen and oxygen atoms in total. The lowest BCUT2D eigenvalue weighted by Crippen LogP contribution is -1.92. The van der Waals surface area contributed by atoms with E-state index in [9.17, 15) is 5.11 Å². The Kier molecular flexibility index (Phi) is 43.8. The maximum atomic E-state index is 10.9. The van der Waals surface area contributed by atoms with E-state index >= 15 is 0 Å². The molecule has 0 aliphatic carbocycles. The van der Waals surface area contributed by atoms with E-state index in [0.29, 0.717) is 11.6 Å². The lowest BCUT2D eigenvalue weighted by atomic mass is 10.1. The predicted molar refractivity (Wildman–Crippen MR) is 427 cm³/mol.